The maximum atomic E-state index is 8.48. The fraction of sp³-hybridized carbons (Fsp3) is 0. The van der Waals surface area contributed by atoms with Crippen LogP contribution in [0.5, 0.6) is 0 Å². The predicted molar refractivity (Wildman–Crippen MR) is 6.92 cm³/mol. The molecule has 0 fully saturated rings. The molecule has 0 saturated heterocycles. The standard InChI is InChI=1S/O3P.Sc/c1-4(2)3;/q-3;+3. The van der Waals surface area contributed by atoms with Crippen LogP contribution in [0.3, 0.4) is 0 Å². The molecule has 5 heteroatoms. The summed E-state index contributed by atoms with van der Waals surface area (Å²) in [6.45, 7) is 0. The smallest absolute Gasteiger partial charge is 0.854 e. The first-order valence-electron chi connectivity index (χ1n) is 0.548. The summed E-state index contributed by atoms with van der Waals surface area (Å²) in [5, 5.41) is 0. The van der Waals surface area contributed by atoms with Crippen LogP contribution in [0.25, 0.3) is 0 Å². The van der Waals surface area contributed by atoms with Gasteiger partial charge in [0, 0.05) is 0 Å². The van der Waals surface area contributed by atoms with Crippen LogP contribution < -0.4 is 14.7 Å². The molecule has 0 aliphatic carbocycles. The van der Waals surface area contributed by atoms with E-state index in [0.717, 1.165) is 0 Å². The predicted octanol–water partition coefficient (Wildman–Crippen LogP) is -2.71. The molecule has 0 N–H and O–H groups in total. The van der Waals surface area contributed by atoms with E-state index in [9.17, 15) is 0 Å². The van der Waals surface area contributed by atoms with Crippen molar-refractivity contribution in [2.75, 3.05) is 0 Å². The van der Waals surface area contributed by atoms with E-state index in [2.05, 4.69) is 0 Å². The van der Waals surface area contributed by atoms with Gasteiger partial charge in [0.25, 0.3) is 0 Å². The third-order valence-electron chi connectivity index (χ3n) is 0. The molecule has 0 radical (unpaired) electrons. The summed E-state index contributed by atoms with van der Waals surface area (Å²) in [4.78, 5) is 25.4. The van der Waals surface area contributed by atoms with Crippen molar-refractivity contribution in [3.8, 4) is 0 Å². The zero-order chi connectivity index (χ0) is 3.58. The third-order valence-corrected chi connectivity index (χ3v) is 0. The van der Waals surface area contributed by atoms with Gasteiger partial charge < -0.3 is 23.3 Å². The van der Waals surface area contributed by atoms with Crippen molar-refractivity contribution in [3.05, 3.63) is 0 Å². The minimum atomic E-state index is -3.37. The van der Waals surface area contributed by atoms with Gasteiger partial charge in [-0.15, -0.1) is 0 Å². The topological polar surface area (TPSA) is 69.2 Å². The van der Waals surface area contributed by atoms with E-state index in [1.807, 2.05) is 0 Å². The quantitative estimate of drug-likeness (QED) is 0.329. The van der Waals surface area contributed by atoms with Crippen molar-refractivity contribution in [2.45, 2.75) is 0 Å². The van der Waals surface area contributed by atoms with Crippen molar-refractivity contribution in [2.24, 2.45) is 0 Å². The Morgan fingerprint density at radius 1 is 1.00 bits per heavy atom. The molecule has 0 aromatic carbocycles. The molecule has 0 unspecified atom stereocenters. The maximum Gasteiger partial charge on any atom is 3.00 e. The summed E-state index contributed by atoms with van der Waals surface area (Å²) < 4.78 is 0. The van der Waals surface area contributed by atoms with Gasteiger partial charge in [-0.3, -0.25) is 0 Å². The first-order chi connectivity index (χ1) is 1.73. The Bertz CT molecular complexity index is 11.6. The third kappa shape index (κ3) is 37.6. The molecule has 0 bridgehead atoms. The van der Waals surface area contributed by atoms with E-state index in [-0.39, 0.29) is 25.8 Å². The minimum Gasteiger partial charge on any atom is -0.854 e. The SMILES string of the molecule is [O-]P([O-])[O-].[Sc+3]. The molecule has 0 aliphatic heterocycles. The maximum absolute atomic E-state index is 8.48. The number of rotatable bonds is 0. The van der Waals surface area contributed by atoms with Crippen molar-refractivity contribution in [1.29, 1.82) is 0 Å². The van der Waals surface area contributed by atoms with Gasteiger partial charge in [0.05, 0.1) is 0 Å². The average molecular weight is 124 g/mol. The second-order valence-electron chi connectivity index (χ2n) is 0.224. The molecule has 0 aromatic rings. The summed E-state index contributed by atoms with van der Waals surface area (Å²) >= 11 is 0. The summed E-state index contributed by atoms with van der Waals surface area (Å²) in [6, 6.07) is 0. The first kappa shape index (κ1) is 9.49. The Morgan fingerprint density at radius 2 is 1.00 bits per heavy atom. The van der Waals surface area contributed by atoms with Gasteiger partial charge in [-0.1, -0.05) is 0 Å². The molecule has 0 heterocycles. The fourth-order valence-electron chi connectivity index (χ4n) is 0. The minimum absolute atomic E-state index is 0. The van der Waals surface area contributed by atoms with Gasteiger partial charge in [-0.05, 0) is 0 Å². The molecule has 0 aliphatic rings. The van der Waals surface area contributed by atoms with E-state index in [1.165, 1.54) is 0 Å². The van der Waals surface area contributed by atoms with Crippen LogP contribution in [-0.2, 0) is 25.8 Å². The first-order valence-corrected chi connectivity index (χ1v) is 1.64. The van der Waals surface area contributed by atoms with Gasteiger partial charge in [-0.2, -0.15) is 0 Å². The molecule has 5 heavy (non-hydrogen) atoms. The van der Waals surface area contributed by atoms with Crippen LogP contribution in [0, 0.1) is 0 Å². The molecule has 0 spiro atoms. The molecule has 3 nitrogen and oxygen atoms in total. The van der Waals surface area contributed by atoms with Crippen molar-refractivity contribution >= 4 is 8.60 Å². The summed E-state index contributed by atoms with van der Waals surface area (Å²) in [5.74, 6) is 0. The van der Waals surface area contributed by atoms with Crippen molar-refractivity contribution < 1.29 is 40.5 Å². The normalized spacial score (nSPS) is 7.20. The van der Waals surface area contributed by atoms with E-state index in [4.69, 9.17) is 14.7 Å². The molecule has 0 atom stereocenters. The second-order valence-corrected chi connectivity index (χ2v) is 0.671. The van der Waals surface area contributed by atoms with Crippen LogP contribution in [0.4, 0.5) is 0 Å². The largest absolute Gasteiger partial charge is 3.00 e. The Kier molecular flexibility index (Phi) is 9.83. The summed E-state index contributed by atoms with van der Waals surface area (Å²) in [7, 11) is -3.37. The Hall–Kier alpha value is 1.18. The van der Waals surface area contributed by atoms with Crippen molar-refractivity contribution in [3.63, 3.8) is 0 Å². The molecule has 0 rings (SSSR count). The number of hydrogen-bond donors (Lipinski definition) is 0. The van der Waals surface area contributed by atoms with Gasteiger partial charge in [0.2, 0.25) is 0 Å². The molecular formula is O3PSc. The van der Waals surface area contributed by atoms with Gasteiger partial charge in [0.15, 0.2) is 0 Å². The van der Waals surface area contributed by atoms with Gasteiger partial charge >= 0.3 is 25.8 Å². The zero-order valence-electron chi connectivity index (χ0n) is 2.25. The van der Waals surface area contributed by atoms with Crippen LogP contribution in [0.1, 0.15) is 0 Å². The van der Waals surface area contributed by atoms with Crippen molar-refractivity contribution in [1.82, 2.24) is 0 Å². The molecular weight excluding hydrogens is 124 g/mol. The Morgan fingerprint density at radius 3 is 1.00 bits per heavy atom. The van der Waals surface area contributed by atoms with E-state index < -0.39 is 8.60 Å². The monoisotopic (exact) mass is 124 g/mol. The van der Waals surface area contributed by atoms with Crippen LogP contribution in [-0.4, -0.2) is 0 Å². The molecule has 0 amide bonds. The van der Waals surface area contributed by atoms with E-state index >= 15 is 0 Å². The van der Waals surface area contributed by atoms with E-state index in [1.54, 1.807) is 0 Å². The Labute approximate surface area is 49.4 Å². The molecule has 26 valence electrons. The van der Waals surface area contributed by atoms with Crippen LogP contribution in [0.15, 0.2) is 0 Å². The Balaban J connectivity index is 0. The fourth-order valence-corrected chi connectivity index (χ4v) is 0. The average Bonchev–Trinajstić information content (AvgIpc) is 0.811. The second kappa shape index (κ2) is 5.18. The van der Waals surface area contributed by atoms with Crippen LogP contribution >= 0.6 is 8.60 Å². The van der Waals surface area contributed by atoms with E-state index in [0.29, 0.717) is 0 Å². The summed E-state index contributed by atoms with van der Waals surface area (Å²) in [6.07, 6.45) is 0. The molecule has 0 saturated carbocycles. The van der Waals surface area contributed by atoms with Crippen LogP contribution in [0.2, 0.25) is 0 Å². The number of hydrogen-bond acceptors (Lipinski definition) is 3. The van der Waals surface area contributed by atoms with Gasteiger partial charge in [-0.25, -0.2) is 0 Å². The van der Waals surface area contributed by atoms with Gasteiger partial charge in [0.1, 0.15) is 0 Å². The zero-order valence-corrected chi connectivity index (χ0v) is 4.95. The summed E-state index contributed by atoms with van der Waals surface area (Å²) in [5.41, 5.74) is 0. The molecule has 0 aromatic heterocycles.